The normalized spacial score (nSPS) is 19.6. The molecule has 0 saturated carbocycles. The number of carbonyl (C=O) groups is 1. The van der Waals surface area contributed by atoms with Crippen LogP contribution in [0.1, 0.15) is 52.9 Å². The molecule has 1 saturated heterocycles. The molecule has 1 aliphatic rings. The van der Waals surface area contributed by atoms with Crippen LogP contribution in [0.25, 0.3) is 0 Å². The van der Waals surface area contributed by atoms with Crippen LogP contribution in [0.15, 0.2) is 0 Å². The van der Waals surface area contributed by atoms with Crippen LogP contribution in [0, 0.1) is 0 Å². The molecule has 0 amide bonds. The fourth-order valence-electron chi connectivity index (χ4n) is 2.16. The predicted molar refractivity (Wildman–Crippen MR) is 59.4 cm³/mol. The number of ketones is 1. The van der Waals surface area contributed by atoms with Crippen LogP contribution in [0.2, 0.25) is 0 Å². The van der Waals surface area contributed by atoms with E-state index in [0.717, 1.165) is 25.9 Å². The van der Waals surface area contributed by atoms with Gasteiger partial charge in [-0.15, -0.1) is 0 Å². The number of piperidine rings is 1. The summed E-state index contributed by atoms with van der Waals surface area (Å²) < 4.78 is 0. The molecule has 1 rings (SSSR count). The van der Waals surface area contributed by atoms with Crippen molar-refractivity contribution in [3.8, 4) is 0 Å². The van der Waals surface area contributed by atoms with Crippen molar-refractivity contribution in [3.05, 3.63) is 0 Å². The summed E-state index contributed by atoms with van der Waals surface area (Å²) in [6.45, 7) is 8.43. The standard InChI is InChI=1S/C12H23NO/c1-4-8-11(14)12(2,3)13-9-6-5-7-10-13/h4-10H2,1-3H3. The lowest BCUT2D eigenvalue weighted by atomic mass is 9.91. The third-order valence-electron chi connectivity index (χ3n) is 3.31. The molecule has 0 radical (unpaired) electrons. The fraction of sp³-hybridized carbons (Fsp3) is 0.917. The molecule has 1 fully saturated rings. The fourth-order valence-corrected chi connectivity index (χ4v) is 2.16. The first-order valence-corrected chi connectivity index (χ1v) is 5.87. The number of hydrogen-bond acceptors (Lipinski definition) is 2. The zero-order valence-electron chi connectivity index (χ0n) is 9.81. The monoisotopic (exact) mass is 197 g/mol. The van der Waals surface area contributed by atoms with Gasteiger partial charge in [0.15, 0.2) is 5.78 Å². The molecule has 0 aromatic rings. The van der Waals surface area contributed by atoms with E-state index < -0.39 is 0 Å². The van der Waals surface area contributed by atoms with E-state index in [0.29, 0.717) is 5.78 Å². The van der Waals surface area contributed by atoms with Crippen molar-refractivity contribution in [2.45, 2.75) is 58.4 Å². The molecule has 0 aromatic heterocycles. The van der Waals surface area contributed by atoms with Crippen molar-refractivity contribution in [1.29, 1.82) is 0 Å². The van der Waals surface area contributed by atoms with Crippen LogP contribution in [0.5, 0.6) is 0 Å². The summed E-state index contributed by atoms with van der Waals surface area (Å²) in [6, 6.07) is 0. The second kappa shape index (κ2) is 4.92. The number of likely N-dealkylation sites (tertiary alicyclic amines) is 1. The first-order valence-electron chi connectivity index (χ1n) is 5.87. The van der Waals surface area contributed by atoms with Crippen LogP contribution >= 0.6 is 0 Å². The van der Waals surface area contributed by atoms with Crippen molar-refractivity contribution in [3.63, 3.8) is 0 Å². The van der Waals surface area contributed by atoms with Crippen molar-refractivity contribution in [1.82, 2.24) is 4.90 Å². The first-order chi connectivity index (χ1) is 6.59. The van der Waals surface area contributed by atoms with Gasteiger partial charge < -0.3 is 0 Å². The SMILES string of the molecule is CCCC(=O)C(C)(C)N1CCCCC1. The van der Waals surface area contributed by atoms with Gasteiger partial charge in [0.05, 0.1) is 5.54 Å². The highest BCUT2D eigenvalue weighted by Crippen LogP contribution is 2.22. The Morgan fingerprint density at radius 2 is 1.79 bits per heavy atom. The van der Waals surface area contributed by atoms with E-state index in [4.69, 9.17) is 0 Å². The van der Waals surface area contributed by atoms with E-state index >= 15 is 0 Å². The van der Waals surface area contributed by atoms with Gasteiger partial charge in [0.2, 0.25) is 0 Å². The minimum Gasteiger partial charge on any atom is -0.298 e. The molecule has 2 heteroatoms. The summed E-state index contributed by atoms with van der Waals surface area (Å²) in [5.74, 6) is 0.405. The average molecular weight is 197 g/mol. The Balaban J connectivity index is 2.57. The maximum Gasteiger partial charge on any atom is 0.152 e. The number of hydrogen-bond donors (Lipinski definition) is 0. The molecule has 0 spiro atoms. The summed E-state index contributed by atoms with van der Waals surface area (Å²) in [4.78, 5) is 14.3. The van der Waals surface area contributed by atoms with Gasteiger partial charge in [0.1, 0.15) is 0 Å². The highest BCUT2D eigenvalue weighted by atomic mass is 16.1. The van der Waals surface area contributed by atoms with Crippen LogP contribution in [-0.2, 0) is 4.79 Å². The zero-order valence-corrected chi connectivity index (χ0v) is 9.81. The molecule has 0 unspecified atom stereocenters. The molecular formula is C12H23NO. The van der Waals surface area contributed by atoms with Crippen LogP contribution < -0.4 is 0 Å². The summed E-state index contributed by atoms with van der Waals surface area (Å²) in [5, 5.41) is 0. The van der Waals surface area contributed by atoms with E-state index in [1.54, 1.807) is 0 Å². The maximum atomic E-state index is 11.9. The Morgan fingerprint density at radius 1 is 1.21 bits per heavy atom. The topological polar surface area (TPSA) is 20.3 Å². The van der Waals surface area contributed by atoms with E-state index in [2.05, 4.69) is 25.7 Å². The van der Waals surface area contributed by atoms with Gasteiger partial charge in [-0.1, -0.05) is 13.3 Å². The highest BCUT2D eigenvalue weighted by Gasteiger charge is 2.33. The van der Waals surface area contributed by atoms with Crippen LogP contribution in [-0.4, -0.2) is 29.3 Å². The number of carbonyl (C=O) groups excluding carboxylic acids is 1. The van der Waals surface area contributed by atoms with Gasteiger partial charge in [-0.05, 0) is 46.2 Å². The molecule has 0 N–H and O–H groups in total. The molecule has 2 nitrogen and oxygen atoms in total. The predicted octanol–water partition coefficient (Wildman–Crippen LogP) is 2.62. The van der Waals surface area contributed by atoms with E-state index in [-0.39, 0.29) is 5.54 Å². The summed E-state index contributed by atoms with van der Waals surface area (Å²) in [7, 11) is 0. The summed E-state index contributed by atoms with van der Waals surface area (Å²) >= 11 is 0. The Labute approximate surface area is 87.7 Å². The minimum absolute atomic E-state index is 0.226. The lowest BCUT2D eigenvalue weighted by Crippen LogP contribution is -2.52. The summed E-state index contributed by atoms with van der Waals surface area (Å²) in [6.07, 6.45) is 5.53. The number of Topliss-reactive ketones (excluding diaryl/α,β-unsaturated/α-hetero) is 1. The maximum absolute atomic E-state index is 11.9. The lowest BCUT2D eigenvalue weighted by molar-refractivity contribution is -0.130. The molecule has 0 atom stereocenters. The van der Waals surface area contributed by atoms with E-state index in [1.807, 2.05) is 0 Å². The molecule has 82 valence electrons. The Kier molecular flexibility index (Phi) is 4.11. The van der Waals surface area contributed by atoms with Crippen molar-refractivity contribution < 1.29 is 4.79 Å². The summed E-state index contributed by atoms with van der Waals surface area (Å²) in [5.41, 5.74) is -0.226. The quantitative estimate of drug-likeness (QED) is 0.690. The van der Waals surface area contributed by atoms with Gasteiger partial charge in [-0.3, -0.25) is 9.69 Å². The lowest BCUT2D eigenvalue weighted by Gasteiger charge is -2.39. The Bertz CT molecular complexity index is 192. The molecule has 0 aromatic carbocycles. The second-order valence-corrected chi connectivity index (χ2v) is 4.78. The van der Waals surface area contributed by atoms with Crippen LogP contribution in [0.3, 0.4) is 0 Å². The van der Waals surface area contributed by atoms with Crippen molar-refractivity contribution in [2.75, 3.05) is 13.1 Å². The third-order valence-corrected chi connectivity index (χ3v) is 3.31. The number of rotatable bonds is 4. The van der Waals surface area contributed by atoms with Crippen LogP contribution in [0.4, 0.5) is 0 Å². The molecular weight excluding hydrogens is 174 g/mol. The third kappa shape index (κ3) is 2.57. The van der Waals surface area contributed by atoms with Gasteiger partial charge in [-0.2, -0.15) is 0 Å². The Hall–Kier alpha value is -0.370. The first kappa shape index (κ1) is 11.7. The van der Waals surface area contributed by atoms with Crippen molar-refractivity contribution in [2.24, 2.45) is 0 Å². The molecule has 0 aliphatic carbocycles. The van der Waals surface area contributed by atoms with E-state index in [1.165, 1.54) is 19.3 Å². The van der Waals surface area contributed by atoms with Gasteiger partial charge in [0, 0.05) is 6.42 Å². The molecule has 1 aliphatic heterocycles. The average Bonchev–Trinajstić information content (AvgIpc) is 2.19. The highest BCUT2D eigenvalue weighted by molar-refractivity contribution is 5.87. The number of nitrogens with zero attached hydrogens (tertiary/aromatic N) is 1. The molecule has 14 heavy (non-hydrogen) atoms. The van der Waals surface area contributed by atoms with Crippen molar-refractivity contribution >= 4 is 5.78 Å². The molecule has 0 bridgehead atoms. The second-order valence-electron chi connectivity index (χ2n) is 4.78. The smallest absolute Gasteiger partial charge is 0.152 e. The zero-order chi connectivity index (χ0) is 10.6. The minimum atomic E-state index is -0.226. The molecule has 1 heterocycles. The van der Waals surface area contributed by atoms with Gasteiger partial charge >= 0.3 is 0 Å². The van der Waals surface area contributed by atoms with Gasteiger partial charge in [-0.25, -0.2) is 0 Å². The van der Waals surface area contributed by atoms with E-state index in [9.17, 15) is 4.79 Å². The van der Waals surface area contributed by atoms with Gasteiger partial charge in [0.25, 0.3) is 0 Å². The largest absolute Gasteiger partial charge is 0.298 e. The Morgan fingerprint density at radius 3 is 2.29 bits per heavy atom.